The molecule has 160 valence electrons. The van der Waals surface area contributed by atoms with Crippen LogP contribution >= 0.6 is 0 Å². The van der Waals surface area contributed by atoms with E-state index in [1.165, 1.54) is 5.56 Å². The van der Waals surface area contributed by atoms with E-state index >= 15 is 0 Å². The predicted molar refractivity (Wildman–Crippen MR) is 119 cm³/mol. The lowest BCUT2D eigenvalue weighted by Gasteiger charge is -2.32. The number of nitrogens with two attached hydrogens (primary N) is 1. The van der Waals surface area contributed by atoms with Crippen molar-refractivity contribution in [1.29, 1.82) is 0 Å². The second-order valence-electron chi connectivity index (χ2n) is 7.14. The molecule has 0 saturated heterocycles. The molecule has 0 aromatic heterocycles. The third-order valence-electron chi connectivity index (χ3n) is 4.83. The van der Waals surface area contributed by atoms with Crippen LogP contribution in [0, 0.1) is 0 Å². The second kappa shape index (κ2) is 13.9. The maximum Gasteiger partial charge on any atom is 0.200 e. The molecule has 0 spiro atoms. The maximum atomic E-state index is 11.7. The van der Waals surface area contributed by atoms with Gasteiger partial charge >= 0.3 is 0 Å². The minimum atomic E-state index is -0.611. The second-order valence-corrected chi connectivity index (χ2v) is 7.14. The van der Waals surface area contributed by atoms with Crippen LogP contribution in [-0.4, -0.2) is 59.0 Å². The number of hydrogen-bond donors (Lipinski definition) is 2. The molecule has 0 saturated carbocycles. The van der Waals surface area contributed by atoms with Crippen molar-refractivity contribution in [2.45, 2.75) is 37.5 Å². The van der Waals surface area contributed by atoms with Crippen LogP contribution in [0.5, 0.6) is 0 Å². The van der Waals surface area contributed by atoms with Gasteiger partial charge in [-0.05, 0) is 30.4 Å². The molecule has 30 heavy (non-hydrogen) atoms. The number of amides is 1. The first-order valence-electron chi connectivity index (χ1n) is 10.2. The van der Waals surface area contributed by atoms with Gasteiger partial charge in [-0.1, -0.05) is 60.7 Å². The third kappa shape index (κ3) is 9.09. The highest BCUT2D eigenvalue weighted by molar-refractivity contribution is 6.57. The average molecular weight is 410 g/mol. The van der Waals surface area contributed by atoms with Gasteiger partial charge in [-0.2, -0.15) is 0 Å². The SMILES string of the molecule is [B]C(=O)N[C@H](Cc1ccccc1)[C@H](OCOCCOC)[C@H](N)CCc1ccccc1. The zero-order valence-electron chi connectivity index (χ0n) is 17.5. The average Bonchev–Trinajstić information content (AvgIpc) is 2.75. The van der Waals surface area contributed by atoms with Crippen LogP contribution < -0.4 is 11.1 Å². The molecule has 0 bridgehead atoms. The van der Waals surface area contributed by atoms with Crippen molar-refractivity contribution in [2.24, 2.45) is 5.73 Å². The smallest absolute Gasteiger partial charge is 0.200 e. The summed E-state index contributed by atoms with van der Waals surface area (Å²) in [4.78, 5) is 11.7. The van der Waals surface area contributed by atoms with E-state index in [4.69, 9.17) is 27.8 Å². The maximum absolute atomic E-state index is 11.7. The predicted octanol–water partition coefficient (Wildman–Crippen LogP) is 2.44. The van der Waals surface area contributed by atoms with Gasteiger partial charge in [-0.3, -0.25) is 4.79 Å². The Morgan fingerprint density at radius 1 is 1.03 bits per heavy atom. The Kier molecular flexibility index (Phi) is 11.2. The summed E-state index contributed by atoms with van der Waals surface area (Å²) >= 11 is 0. The van der Waals surface area contributed by atoms with Crippen molar-refractivity contribution >= 4 is 13.7 Å². The summed E-state index contributed by atoms with van der Waals surface area (Å²) in [6.45, 7) is 0.939. The molecule has 0 aliphatic rings. The topological polar surface area (TPSA) is 82.8 Å². The Morgan fingerprint density at radius 3 is 2.27 bits per heavy atom. The molecule has 0 aliphatic carbocycles. The zero-order valence-corrected chi connectivity index (χ0v) is 17.5. The van der Waals surface area contributed by atoms with Crippen molar-refractivity contribution < 1.29 is 19.0 Å². The number of hydrogen-bond acceptors (Lipinski definition) is 5. The summed E-state index contributed by atoms with van der Waals surface area (Å²) in [5.41, 5.74) is 8.80. The third-order valence-corrected chi connectivity index (χ3v) is 4.83. The van der Waals surface area contributed by atoms with Gasteiger partial charge in [0.2, 0.25) is 7.85 Å². The van der Waals surface area contributed by atoms with E-state index in [2.05, 4.69) is 17.4 Å². The van der Waals surface area contributed by atoms with Gasteiger partial charge < -0.3 is 25.3 Å². The molecule has 2 radical (unpaired) electrons. The van der Waals surface area contributed by atoms with Crippen molar-refractivity contribution in [3.8, 4) is 0 Å². The first-order valence-corrected chi connectivity index (χ1v) is 10.2. The van der Waals surface area contributed by atoms with Crippen LogP contribution in [0.4, 0.5) is 4.79 Å². The summed E-state index contributed by atoms with van der Waals surface area (Å²) in [6.07, 6.45) is 1.58. The summed E-state index contributed by atoms with van der Waals surface area (Å²) in [5.74, 6) is -0.611. The van der Waals surface area contributed by atoms with E-state index < -0.39 is 11.9 Å². The molecular weight excluding hydrogens is 379 g/mol. The quantitative estimate of drug-likeness (QED) is 0.284. The monoisotopic (exact) mass is 410 g/mol. The fourth-order valence-electron chi connectivity index (χ4n) is 3.31. The Hall–Kier alpha value is -2.19. The highest BCUT2D eigenvalue weighted by Crippen LogP contribution is 2.15. The van der Waals surface area contributed by atoms with Crippen molar-refractivity contribution in [1.82, 2.24) is 5.32 Å². The van der Waals surface area contributed by atoms with E-state index in [0.717, 1.165) is 12.0 Å². The molecule has 1 amide bonds. The van der Waals surface area contributed by atoms with E-state index in [1.54, 1.807) is 7.11 Å². The minimum Gasteiger partial charge on any atom is -0.382 e. The van der Waals surface area contributed by atoms with Crippen LogP contribution in [0.2, 0.25) is 0 Å². The molecular formula is C23H31BN2O4. The van der Waals surface area contributed by atoms with Crippen LogP contribution in [0.15, 0.2) is 60.7 Å². The van der Waals surface area contributed by atoms with Gasteiger partial charge in [-0.25, -0.2) is 0 Å². The molecule has 2 aromatic rings. The molecule has 0 unspecified atom stereocenters. The van der Waals surface area contributed by atoms with Crippen molar-refractivity contribution in [3.05, 3.63) is 71.8 Å². The largest absolute Gasteiger partial charge is 0.382 e. The number of carbonyl (C=O) groups excluding carboxylic acids is 1. The fourth-order valence-corrected chi connectivity index (χ4v) is 3.31. The Labute approximate surface area is 180 Å². The highest BCUT2D eigenvalue weighted by atomic mass is 16.7. The Morgan fingerprint density at radius 2 is 1.67 bits per heavy atom. The standard InChI is InChI=1S/C23H31BN2O4/c1-28-14-15-29-17-30-22(20(25)13-12-18-8-4-2-5-9-18)21(26-23(24)27)16-19-10-6-3-7-11-19/h2-11,20-22H,12-17,25H2,1H3,(H,26,27)/t20-,21-,22-/m1/s1. The molecule has 0 aliphatic heterocycles. The summed E-state index contributed by atoms with van der Waals surface area (Å²) in [7, 11) is 7.06. The number of carbonyl (C=O) groups is 1. The van der Waals surface area contributed by atoms with Crippen LogP contribution in [0.25, 0.3) is 0 Å². The van der Waals surface area contributed by atoms with Crippen molar-refractivity contribution in [2.75, 3.05) is 27.1 Å². The lowest BCUT2D eigenvalue weighted by Crippen LogP contribution is -2.54. The number of benzene rings is 2. The normalized spacial score (nSPS) is 14.1. The first-order chi connectivity index (χ1) is 14.6. The van der Waals surface area contributed by atoms with Gasteiger partial charge in [0.1, 0.15) is 6.79 Å². The molecule has 2 aromatic carbocycles. The summed E-state index contributed by atoms with van der Waals surface area (Å²) in [6, 6.07) is 19.3. The summed E-state index contributed by atoms with van der Waals surface area (Å²) in [5, 5.41) is 2.81. The van der Waals surface area contributed by atoms with E-state index in [9.17, 15) is 4.79 Å². The summed E-state index contributed by atoms with van der Waals surface area (Å²) < 4.78 is 16.5. The molecule has 3 N–H and O–H groups in total. The lowest BCUT2D eigenvalue weighted by molar-refractivity contribution is -0.112. The van der Waals surface area contributed by atoms with E-state index in [1.807, 2.05) is 48.5 Å². The van der Waals surface area contributed by atoms with E-state index in [0.29, 0.717) is 26.1 Å². The fraction of sp³-hybridized carbons (Fsp3) is 0.435. The van der Waals surface area contributed by atoms with Crippen LogP contribution in [0.1, 0.15) is 17.5 Å². The number of aryl methyl sites for hydroxylation is 1. The Balaban J connectivity index is 2.08. The number of methoxy groups -OCH3 is 1. The number of ether oxygens (including phenoxy) is 3. The molecule has 0 fully saturated rings. The van der Waals surface area contributed by atoms with Gasteiger partial charge in [0, 0.05) is 13.2 Å². The van der Waals surface area contributed by atoms with Crippen molar-refractivity contribution in [3.63, 3.8) is 0 Å². The first kappa shape index (κ1) is 24.1. The van der Waals surface area contributed by atoms with Gasteiger partial charge in [0.15, 0.2) is 5.81 Å². The molecule has 6 nitrogen and oxygen atoms in total. The molecule has 7 heteroatoms. The van der Waals surface area contributed by atoms with Gasteiger partial charge in [0.05, 0.1) is 25.4 Å². The zero-order chi connectivity index (χ0) is 21.6. The Bertz CT molecular complexity index is 718. The van der Waals surface area contributed by atoms with Gasteiger partial charge in [-0.15, -0.1) is 0 Å². The molecule has 0 heterocycles. The molecule has 3 atom stereocenters. The minimum absolute atomic E-state index is 0.0544. The highest BCUT2D eigenvalue weighted by Gasteiger charge is 2.29. The number of nitrogens with one attached hydrogen (secondary N) is 1. The molecule has 2 rings (SSSR count). The number of rotatable bonds is 14. The van der Waals surface area contributed by atoms with Gasteiger partial charge in [0.25, 0.3) is 0 Å². The van der Waals surface area contributed by atoms with Crippen LogP contribution in [0.3, 0.4) is 0 Å². The lowest BCUT2D eigenvalue weighted by atomic mass is 9.92. The van der Waals surface area contributed by atoms with Crippen LogP contribution in [-0.2, 0) is 27.1 Å². The van der Waals surface area contributed by atoms with E-state index in [-0.39, 0.29) is 18.9 Å².